The van der Waals surface area contributed by atoms with Gasteiger partial charge in [0, 0.05) is 29.9 Å². The van der Waals surface area contributed by atoms with Gasteiger partial charge in [-0.3, -0.25) is 9.69 Å². The largest absolute Gasteiger partial charge is 0.353 e. The van der Waals surface area contributed by atoms with E-state index in [0.717, 1.165) is 5.56 Å². The molecule has 1 aliphatic rings. The molecule has 0 spiro atoms. The molecule has 0 fully saturated rings. The van der Waals surface area contributed by atoms with E-state index in [1.165, 1.54) is 0 Å². The lowest BCUT2D eigenvalue weighted by Crippen LogP contribution is -2.51. The third-order valence-electron chi connectivity index (χ3n) is 3.58. The van der Waals surface area contributed by atoms with E-state index in [4.69, 9.17) is 4.74 Å². The zero-order valence-electron chi connectivity index (χ0n) is 11.4. The van der Waals surface area contributed by atoms with E-state index in [-0.39, 0.29) is 11.3 Å². The number of carbonyl (C=O) groups excluding carboxylic acids is 1. The number of fused-ring (bicyclic) bond motifs is 1. The highest BCUT2D eigenvalue weighted by Gasteiger charge is 2.56. The van der Waals surface area contributed by atoms with E-state index >= 15 is 0 Å². The Morgan fingerprint density at radius 1 is 1.33 bits per heavy atom. The molecule has 1 unspecified atom stereocenters. The monoisotopic (exact) mass is 245 g/mol. The molecule has 0 aliphatic carbocycles. The first kappa shape index (κ1) is 12.8. The number of nitrogens with zero attached hydrogens (tertiary/aromatic N) is 1. The summed E-state index contributed by atoms with van der Waals surface area (Å²) in [5.41, 5.74) is 0.541. The molecule has 1 aromatic rings. The van der Waals surface area contributed by atoms with Crippen LogP contribution in [0.1, 0.15) is 36.7 Å². The van der Waals surface area contributed by atoms with Crippen LogP contribution in [0.15, 0.2) is 37.0 Å². The number of hydrogen-bond donors (Lipinski definition) is 0. The van der Waals surface area contributed by atoms with Gasteiger partial charge >= 0.3 is 0 Å². The fourth-order valence-corrected chi connectivity index (χ4v) is 2.86. The van der Waals surface area contributed by atoms with Crippen molar-refractivity contribution in [1.82, 2.24) is 4.90 Å². The van der Waals surface area contributed by atoms with Crippen LogP contribution in [0.4, 0.5) is 0 Å². The highest BCUT2D eigenvalue weighted by atomic mass is 16.5. The molecule has 1 aromatic carbocycles. The average molecular weight is 245 g/mol. The van der Waals surface area contributed by atoms with Crippen LogP contribution in [0.5, 0.6) is 0 Å². The third kappa shape index (κ3) is 1.37. The summed E-state index contributed by atoms with van der Waals surface area (Å²) >= 11 is 0. The molecule has 0 radical (unpaired) electrons. The molecule has 0 bridgehead atoms. The maximum atomic E-state index is 12.4. The first-order chi connectivity index (χ1) is 8.40. The van der Waals surface area contributed by atoms with Crippen molar-refractivity contribution in [1.29, 1.82) is 0 Å². The lowest BCUT2D eigenvalue weighted by Gasteiger charge is -2.45. The maximum Gasteiger partial charge on any atom is 0.260 e. The van der Waals surface area contributed by atoms with E-state index in [1.54, 1.807) is 18.2 Å². The fourth-order valence-electron chi connectivity index (χ4n) is 2.86. The summed E-state index contributed by atoms with van der Waals surface area (Å²) in [4.78, 5) is 14.0. The molecule has 0 aromatic heterocycles. The minimum Gasteiger partial charge on any atom is -0.353 e. The lowest BCUT2D eigenvalue weighted by molar-refractivity contribution is -0.167. The van der Waals surface area contributed by atoms with Gasteiger partial charge in [-0.1, -0.05) is 45.5 Å². The van der Waals surface area contributed by atoms with Gasteiger partial charge in [0.05, 0.1) is 0 Å². The summed E-state index contributed by atoms with van der Waals surface area (Å²) in [5.74, 6) is -0.0580. The van der Waals surface area contributed by atoms with Crippen molar-refractivity contribution in [3.8, 4) is 0 Å². The van der Waals surface area contributed by atoms with Gasteiger partial charge in [-0.25, -0.2) is 0 Å². The normalized spacial score (nSPS) is 23.1. The fraction of sp³-hybridized carbons (Fsp3) is 0.400. The van der Waals surface area contributed by atoms with Gasteiger partial charge in [0.1, 0.15) is 0 Å². The van der Waals surface area contributed by atoms with E-state index in [1.807, 2.05) is 24.3 Å². The molecular weight excluding hydrogens is 226 g/mol. The summed E-state index contributed by atoms with van der Waals surface area (Å²) in [6.07, 6.45) is 1.55. The molecule has 0 saturated heterocycles. The van der Waals surface area contributed by atoms with E-state index in [9.17, 15) is 4.79 Å². The summed E-state index contributed by atoms with van der Waals surface area (Å²) in [6, 6.07) is 7.58. The number of ether oxygens (including phenoxy) is 1. The Balaban J connectivity index is 2.78. The molecule has 3 heteroatoms. The molecule has 96 valence electrons. The first-order valence-corrected chi connectivity index (χ1v) is 6.01. The van der Waals surface area contributed by atoms with Gasteiger partial charge in [0.25, 0.3) is 5.91 Å². The Hall–Kier alpha value is -1.61. The number of amides is 1. The minimum atomic E-state index is -0.789. The second kappa shape index (κ2) is 3.95. The summed E-state index contributed by atoms with van der Waals surface area (Å²) < 4.78 is 5.80. The van der Waals surface area contributed by atoms with Crippen molar-refractivity contribution in [3.05, 3.63) is 48.2 Å². The zero-order chi connectivity index (χ0) is 13.6. The van der Waals surface area contributed by atoms with Gasteiger partial charge in [-0.15, -0.1) is 0 Å². The molecule has 3 nitrogen and oxygen atoms in total. The number of methoxy groups -OCH3 is 1. The minimum absolute atomic E-state index is 0.0580. The van der Waals surface area contributed by atoms with Gasteiger partial charge in [-0.2, -0.15) is 0 Å². The van der Waals surface area contributed by atoms with E-state index in [2.05, 4.69) is 27.4 Å². The highest BCUT2D eigenvalue weighted by Crippen LogP contribution is 2.50. The smallest absolute Gasteiger partial charge is 0.260 e. The van der Waals surface area contributed by atoms with Crippen LogP contribution in [0.2, 0.25) is 0 Å². The molecular formula is C15H19NO2. The zero-order valence-corrected chi connectivity index (χ0v) is 11.4. The van der Waals surface area contributed by atoms with Crippen LogP contribution in [-0.2, 0) is 10.5 Å². The lowest BCUT2D eigenvalue weighted by atomic mass is 9.78. The van der Waals surface area contributed by atoms with Crippen LogP contribution in [-0.4, -0.2) is 17.9 Å². The topological polar surface area (TPSA) is 29.5 Å². The second-order valence-corrected chi connectivity index (χ2v) is 5.50. The van der Waals surface area contributed by atoms with Crippen molar-refractivity contribution < 1.29 is 9.53 Å². The third-order valence-corrected chi connectivity index (χ3v) is 3.58. The Bertz CT molecular complexity index is 501. The summed E-state index contributed by atoms with van der Waals surface area (Å²) in [6.45, 7) is 9.93. The van der Waals surface area contributed by atoms with Crippen LogP contribution >= 0.6 is 0 Å². The van der Waals surface area contributed by atoms with Gasteiger partial charge in [-0.05, 0) is 6.07 Å². The van der Waals surface area contributed by atoms with Crippen molar-refractivity contribution in [2.45, 2.75) is 26.5 Å². The summed E-state index contributed by atoms with van der Waals surface area (Å²) in [5, 5.41) is 0. The molecule has 0 N–H and O–H groups in total. The molecule has 0 saturated carbocycles. The maximum absolute atomic E-state index is 12.4. The number of rotatable bonds is 2. The van der Waals surface area contributed by atoms with Crippen LogP contribution in [0.3, 0.4) is 0 Å². The van der Waals surface area contributed by atoms with E-state index < -0.39 is 5.72 Å². The summed E-state index contributed by atoms with van der Waals surface area (Å²) in [7, 11) is 1.64. The van der Waals surface area contributed by atoms with Gasteiger partial charge < -0.3 is 4.74 Å². The van der Waals surface area contributed by atoms with Crippen molar-refractivity contribution >= 4 is 5.91 Å². The number of carbonyl (C=O) groups is 1. The van der Waals surface area contributed by atoms with Crippen molar-refractivity contribution in [2.75, 3.05) is 7.11 Å². The first-order valence-electron chi connectivity index (χ1n) is 6.01. The Morgan fingerprint density at radius 3 is 2.44 bits per heavy atom. The van der Waals surface area contributed by atoms with Gasteiger partial charge in [0.2, 0.25) is 0 Å². The average Bonchev–Trinajstić information content (AvgIpc) is 2.58. The second-order valence-electron chi connectivity index (χ2n) is 5.50. The Kier molecular flexibility index (Phi) is 2.82. The molecule has 18 heavy (non-hydrogen) atoms. The number of hydrogen-bond acceptors (Lipinski definition) is 2. The van der Waals surface area contributed by atoms with Gasteiger partial charge in [0.15, 0.2) is 5.72 Å². The Morgan fingerprint density at radius 2 is 1.94 bits per heavy atom. The van der Waals surface area contributed by atoms with E-state index in [0.29, 0.717) is 5.56 Å². The SMILES string of the molecule is C=CN1C(=O)c2ccccc2C1(OC)C(C)(C)C. The molecule has 1 atom stereocenters. The standard InChI is InChI=1S/C15H19NO2/c1-6-16-13(17)11-9-7-8-10-12(11)15(16,18-5)14(2,3)4/h6-10H,1H2,2-5H3. The van der Waals surface area contributed by atoms with Crippen molar-refractivity contribution in [3.63, 3.8) is 0 Å². The molecule has 2 rings (SSSR count). The molecule has 1 heterocycles. The quantitative estimate of drug-likeness (QED) is 0.801. The van der Waals surface area contributed by atoms with Crippen LogP contribution in [0.25, 0.3) is 0 Å². The predicted molar refractivity (Wildman–Crippen MR) is 71.0 cm³/mol. The van der Waals surface area contributed by atoms with Crippen LogP contribution < -0.4 is 0 Å². The van der Waals surface area contributed by atoms with Crippen molar-refractivity contribution in [2.24, 2.45) is 5.41 Å². The predicted octanol–water partition coefficient (Wildman–Crippen LogP) is 3.13. The molecule has 1 aliphatic heterocycles. The Labute approximate surface area is 108 Å². The number of benzene rings is 1. The molecule has 1 amide bonds. The highest BCUT2D eigenvalue weighted by molar-refractivity contribution is 6.00. The van der Waals surface area contributed by atoms with Crippen LogP contribution in [0, 0.1) is 5.41 Å².